The summed E-state index contributed by atoms with van der Waals surface area (Å²) in [6, 6.07) is 1.47. The minimum absolute atomic E-state index is 0.421. The molecule has 7 heteroatoms. The zero-order chi connectivity index (χ0) is 15.3. The summed E-state index contributed by atoms with van der Waals surface area (Å²) in [6.45, 7) is 0.429. The second-order valence-electron chi connectivity index (χ2n) is 5.56. The van der Waals surface area contributed by atoms with Gasteiger partial charge in [-0.1, -0.05) is 19.3 Å². The summed E-state index contributed by atoms with van der Waals surface area (Å²) in [5, 5.41) is 19.0. The maximum absolute atomic E-state index is 11.9. The van der Waals surface area contributed by atoms with E-state index in [4.69, 9.17) is 0 Å². The third-order valence-electron chi connectivity index (χ3n) is 3.90. The molecule has 3 N–H and O–H groups in total. The zero-order valence-electron chi connectivity index (χ0n) is 12.3. The lowest BCUT2D eigenvalue weighted by Gasteiger charge is -2.33. The number of nitrogens with one attached hydrogen (secondary N) is 2. The van der Waals surface area contributed by atoms with Crippen molar-refractivity contribution in [2.75, 3.05) is 6.54 Å². The van der Waals surface area contributed by atoms with Gasteiger partial charge in [-0.3, -0.25) is 4.68 Å². The Kier molecular flexibility index (Phi) is 4.82. The molecule has 0 aliphatic heterocycles. The number of hydrogen-bond donors (Lipinski definition) is 3. The van der Waals surface area contributed by atoms with Crippen LogP contribution in [0.25, 0.3) is 0 Å². The molecular formula is C14H22N4O3. The number of carboxylic acids is 1. The molecule has 1 aliphatic rings. The van der Waals surface area contributed by atoms with E-state index in [0.717, 1.165) is 25.0 Å². The Morgan fingerprint density at radius 2 is 2.10 bits per heavy atom. The molecule has 2 rings (SSSR count). The van der Waals surface area contributed by atoms with E-state index in [1.165, 1.54) is 0 Å². The lowest BCUT2D eigenvalue weighted by atomic mass is 9.82. The lowest BCUT2D eigenvalue weighted by molar-refractivity contribution is -0.145. The fourth-order valence-corrected chi connectivity index (χ4v) is 2.71. The number of carbonyl (C=O) groups is 2. The second-order valence-corrected chi connectivity index (χ2v) is 5.56. The van der Waals surface area contributed by atoms with Gasteiger partial charge in [0.15, 0.2) is 0 Å². The number of aryl methyl sites for hydroxylation is 1. The van der Waals surface area contributed by atoms with Gasteiger partial charge < -0.3 is 15.7 Å². The van der Waals surface area contributed by atoms with Crippen LogP contribution in [-0.2, 0) is 18.3 Å². The van der Waals surface area contributed by atoms with E-state index in [2.05, 4.69) is 15.7 Å². The fourth-order valence-electron chi connectivity index (χ4n) is 2.71. The number of carboxylic acid groups (broad SMARTS) is 1. The molecule has 0 spiro atoms. The minimum atomic E-state index is -1.10. The monoisotopic (exact) mass is 294 g/mol. The van der Waals surface area contributed by atoms with Crippen molar-refractivity contribution in [3.8, 4) is 0 Å². The number of carbonyl (C=O) groups excluding carboxylic acids is 1. The standard InChI is InChI=1S/C14H22N4O3/c1-18-10-6-11(17-18)5-9-15-13(21)16-14(12(19)20)7-3-2-4-8-14/h6,10H,2-5,7-9H2,1H3,(H,19,20)(H2,15,16,21). The summed E-state index contributed by atoms with van der Waals surface area (Å²) in [4.78, 5) is 23.4. The molecule has 0 unspecified atom stereocenters. The van der Waals surface area contributed by atoms with Gasteiger partial charge in [-0.15, -0.1) is 0 Å². The lowest BCUT2D eigenvalue weighted by Crippen LogP contribution is -2.58. The molecule has 1 fully saturated rings. The molecular weight excluding hydrogens is 272 g/mol. The molecule has 7 nitrogen and oxygen atoms in total. The molecule has 0 bridgehead atoms. The maximum atomic E-state index is 11.9. The van der Waals surface area contributed by atoms with Gasteiger partial charge in [0.1, 0.15) is 5.54 Å². The van der Waals surface area contributed by atoms with Gasteiger partial charge in [-0.25, -0.2) is 9.59 Å². The Balaban J connectivity index is 1.81. The van der Waals surface area contributed by atoms with Crippen molar-refractivity contribution in [2.45, 2.75) is 44.1 Å². The van der Waals surface area contributed by atoms with Crippen LogP contribution in [0, 0.1) is 0 Å². The third-order valence-corrected chi connectivity index (χ3v) is 3.90. The summed E-state index contributed by atoms with van der Waals surface area (Å²) in [6.07, 6.45) is 6.15. The van der Waals surface area contributed by atoms with Crippen LogP contribution < -0.4 is 10.6 Å². The first-order valence-electron chi connectivity index (χ1n) is 7.30. The molecule has 0 radical (unpaired) electrons. The maximum Gasteiger partial charge on any atom is 0.329 e. The predicted octanol–water partition coefficient (Wildman–Crippen LogP) is 1.05. The molecule has 1 aliphatic carbocycles. The smallest absolute Gasteiger partial charge is 0.329 e. The minimum Gasteiger partial charge on any atom is -0.480 e. The van der Waals surface area contributed by atoms with Crippen LogP contribution in [0.5, 0.6) is 0 Å². The van der Waals surface area contributed by atoms with Gasteiger partial charge in [0, 0.05) is 26.2 Å². The SMILES string of the molecule is Cn1ccc(CCNC(=O)NC2(C(=O)O)CCCCC2)n1. The molecule has 1 heterocycles. The van der Waals surface area contributed by atoms with E-state index in [9.17, 15) is 14.7 Å². The van der Waals surface area contributed by atoms with Gasteiger partial charge in [0.25, 0.3) is 0 Å². The largest absolute Gasteiger partial charge is 0.480 e. The third kappa shape index (κ3) is 3.96. The molecule has 21 heavy (non-hydrogen) atoms. The Labute approximate surface area is 123 Å². The quantitative estimate of drug-likeness (QED) is 0.756. The molecule has 0 saturated heterocycles. The molecule has 1 aromatic heterocycles. The Bertz CT molecular complexity index is 506. The molecule has 1 aromatic rings. The number of hydrogen-bond acceptors (Lipinski definition) is 3. The zero-order valence-corrected chi connectivity index (χ0v) is 12.3. The van der Waals surface area contributed by atoms with E-state index >= 15 is 0 Å². The normalized spacial score (nSPS) is 17.2. The van der Waals surface area contributed by atoms with Crippen molar-refractivity contribution in [1.82, 2.24) is 20.4 Å². The van der Waals surface area contributed by atoms with Gasteiger partial charge in [-0.05, 0) is 18.9 Å². The number of rotatable bonds is 5. The van der Waals surface area contributed by atoms with Crippen LogP contribution in [0.2, 0.25) is 0 Å². The van der Waals surface area contributed by atoms with Crippen molar-refractivity contribution in [1.29, 1.82) is 0 Å². The first kappa shape index (κ1) is 15.3. The highest BCUT2D eigenvalue weighted by Gasteiger charge is 2.40. The second kappa shape index (κ2) is 6.60. The van der Waals surface area contributed by atoms with Gasteiger partial charge in [-0.2, -0.15) is 5.10 Å². The van der Waals surface area contributed by atoms with Crippen LogP contribution in [0.3, 0.4) is 0 Å². The number of aromatic nitrogens is 2. The first-order chi connectivity index (χ1) is 10.0. The molecule has 0 aromatic carbocycles. The van der Waals surface area contributed by atoms with Crippen molar-refractivity contribution in [3.63, 3.8) is 0 Å². The Hall–Kier alpha value is -2.05. The number of aliphatic carboxylic acids is 1. The molecule has 116 valence electrons. The summed E-state index contributed by atoms with van der Waals surface area (Å²) < 4.78 is 1.71. The van der Waals surface area contributed by atoms with E-state index in [0.29, 0.717) is 25.8 Å². The summed E-state index contributed by atoms with van der Waals surface area (Å²) in [7, 11) is 1.84. The highest BCUT2D eigenvalue weighted by Crippen LogP contribution is 2.28. The van der Waals surface area contributed by atoms with Crippen molar-refractivity contribution >= 4 is 12.0 Å². The van der Waals surface area contributed by atoms with Crippen LogP contribution in [0.4, 0.5) is 4.79 Å². The van der Waals surface area contributed by atoms with Gasteiger partial charge >= 0.3 is 12.0 Å². The highest BCUT2D eigenvalue weighted by molar-refractivity contribution is 5.86. The van der Waals surface area contributed by atoms with E-state index in [1.807, 2.05) is 19.3 Å². The van der Waals surface area contributed by atoms with Crippen LogP contribution in [0.1, 0.15) is 37.8 Å². The summed E-state index contributed by atoms with van der Waals surface area (Å²) >= 11 is 0. The Morgan fingerprint density at radius 1 is 1.38 bits per heavy atom. The van der Waals surface area contributed by atoms with E-state index in [1.54, 1.807) is 4.68 Å². The van der Waals surface area contributed by atoms with Gasteiger partial charge in [0.05, 0.1) is 5.69 Å². The van der Waals surface area contributed by atoms with Crippen molar-refractivity contribution < 1.29 is 14.7 Å². The first-order valence-corrected chi connectivity index (χ1v) is 7.30. The molecule has 0 atom stereocenters. The van der Waals surface area contributed by atoms with Crippen LogP contribution in [0.15, 0.2) is 12.3 Å². The molecule has 1 saturated carbocycles. The van der Waals surface area contributed by atoms with E-state index < -0.39 is 17.5 Å². The summed E-state index contributed by atoms with van der Waals surface area (Å²) in [5.74, 6) is -0.943. The topological polar surface area (TPSA) is 96.2 Å². The van der Waals surface area contributed by atoms with E-state index in [-0.39, 0.29) is 0 Å². The fraction of sp³-hybridized carbons (Fsp3) is 0.643. The van der Waals surface area contributed by atoms with Crippen molar-refractivity contribution in [3.05, 3.63) is 18.0 Å². The molecule has 2 amide bonds. The van der Waals surface area contributed by atoms with Crippen LogP contribution >= 0.6 is 0 Å². The van der Waals surface area contributed by atoms with Gasteiger partial charge in [0.2, 0.25) is 0 Å². The number of urea groups is 1. The number of nitrogens with zero attached hydrogens (tertiary/aromatic N) is 2. The number of amides is 2. The average Bonchev–Trinajstić information content (AvgIpc) is 2.85. The Morgan fingerprint density at radius 3 is 2.67 bits per heavy atom. The predicted molar refractivity (Wildman–Crippen MR) is 76.9 cm³/mol. The average molecular weight is 294 g/mol. The van der Waals surface area contributed by atoms with Crippen LogP contribution in [-0.4, -0.2) is 39.0 Å². The summed E-state index contributed by atoms with van der Waals surface area (Å²) in [5.41, 5.74) is -0.212. The highest BCUT2D eigenvalue weighted by atomic mass is 16.4. The van der Waals surface area contributed by atoms with Crippen molar-refractivity contribution in [2.24, 2.45) is 7.05 Å².